The maximum atomic E-state index is 12.4. The third kappa shape index (κ3) is 4.59. The average Bonchev–Trinajstić information content (AvgIpc) is 3.11. The first-order valence-corrected chi connectivity index (χ1v) is 12.3. The summed E-state index contributed by atoms with van der Waals surface area (Å²) in [5, 5.41) is 3.37. The molecule has 0 saturated carbocycles. The summed E-state index contributed by atoms with van der Waals surface area (Å²) in [7, 11) is 0. The number of aromatic nitrogens is 1. The second-order valence-corrected chi connectivity index (χ2v) is 10.00. The summed E-state index contributed by atoms with van der Waals surface area (Å²) in [5.41, 5.74) is 4.37. The van der Waals surface area contributed by atoms with Crippen molar-refractivity contribution in [1.82, 2.24) is 20.1 Å². The minimum Gasteiger partial charge on any atom is -0.365 e. The lowest BCUT2D eigenvalue weighted by atomic mass is 10.0. The molecule has 2 atom stereocenters. The van der Waals surface area contributed by atoms with Crippen LogP contribution in [-0.4, -0.2) is 58.8 Å². The van der Waals surface area contributed by atoms with E-state index in [0.717, 1.165) is 44.0 Å². The second-order valence-electron chi connectivity index (χ2n) is 8.74. The molecule has 2 unspecified atom stereocenters. The van der Waals surface area contributed by atoms with Crippen molar-refractivity contribution in [2.75, 3.05) is 31.1 Å². The summed E-state index contributed by atoms with van der Waals surface area (Å²) in [6.45, 7) is 4.95. The van der Waals surface area contributed by atoms with Gasteiger partial charge in [-0.15, -0.1) is 0 Å². The fraction of sp³-hybridized carbons (Fsp3) is 0.435. The monoisotopic (exact) mass is 505 g/mol. The number of nitrogens with one attached hydrogen (secondary N) is 1. The number of piperidine rings is 1. The molecule has 3 aliphatic rings. The molecule has 10 heteroatoms. The summed E-state index contributed by atoms with van der Waals surface area (Å²) in [5.74, 6) is -0.413. The van der Waals surface area contributed by atoms with Gasteiger partial charge in [0.25, 0.3) is 0 Å². The van der Waals surface area contributed by atoms with Crippen molar-refractivity contribution in [2.45, 2.75) is 37.3 Å². The number of benzene rings is 1. The van der Waals surface area contributed by atoms with Gasteiger partial charge in [-0.1, -0.05) is 41.4 Å². The molecule has 0 spiro atoms. The fourth-order valence-corrected chi connectivity index (χ4v) is 6.02. The predicted molar refractivity (Wildman–Crippen MR) is 132 cm³/mol. The van der Waals surface area contributed by atoms with Gasteiger partial charge in [0, 0.05) is 51.9 Å². The van der Waals surface area contributed by atoms with Crippen LogP contribution in [0.1, 0.15) is 34.9 Å². The summed E-state index contributed by atoms with van der Waals surface area (Å²) in [4.78, 5) is 34.7. The maximum absolute atomic E-state index is 12.4. The van der Waals surface area contributed by atoms with E-state index in [1.165, 1.54) is 11.1 Å². The Balaban J connectivity index is 1.22. The molecule has 1 aromatic heterocycles. The Morgan fingerprint density at radius 2 is 1.91 bits per heavy atom. The summed E-state index contributed by atoms with van der Waals surface area (Å²) >= 11 is 17.5. The van der Waals surface area contributed by atoms with Gasteiger partial charge in [-0.05, 0) is 29.2 Å². The average molecular weight is 506 g/mol. The summed E-state index contributed by atoms with van der Waals surface area (Å²) in [6, 6.07) is 7.96. The smallest absolute Gasteiger partial charge is 0.243 e. The van der Waals surface area contributed by atoms with Gasteiger partial charge in [0.2, 0.25) is 11.8 Å². The quantitative estimate of drug-likeness (QED) is 0.377. The van der Waals surface area contributed by atoms with Gasteiger partial charge < -0.3 is 4.90 Å². The number of hydrogen-bond acceptors (Lipinski definition) is 7. The molecular weight excluding hydrogens is 481 g/mol. The maximum Gasteiger partial charge on any atom is 0.243 e. The lowest BCUT2D eigenvalue weighted by molar-refractivity contribution is -0.137. The molecule has 7 nitrogen and oxygen atoms in total. The molecule has 2 amide bonds. The van der Waals surface area contributed by atoms with Crippen molar-refractivity contribution >= 4 is 53.3 Å². The van der Waals surface area contributed by atoms with E-state index >= 15 is 0 Å². The van der Waals surface area contributed by atoms with Crippen molar-refractivity contribution in [3.8, 4) is 0 Å². The Bertz CT molecular complexity index is 1070. The first-order chi connectivity index (χ1) is 15.9. The van der Waals surface area contributed by atoms with E-state index in [1.54, 1.807) is 12.3 Å². The number of amides is 2. The number of carbonyl (C=O) groups excluding carboxylic acids is 2. The van der Waals surface area contributed by atoms with Gasteiger partial charge in [-0.3, -0.25) is 24.7 Å². The molecule has 2 saturated heterocycles. The molecule has 0 bridgehead atoms. The number of rotatable bonds is 4. The number of hydrogen-bond donors (Lipinski definition) is 2. The predicted octanol–water partition coefficient (Wildman–Crippen LogP) is 3.26. The van der Waals surface area contributed by atoms with Crippen LogP contribution in [0.25, 0.3) is 0 Å². The Labute approximate surface area is 208 Å². The van der Waals surface area contributed by atoms with E-state index in [1.807, 2.05) is 0 Å². The number of thiol groups is 1. The van der Waals surface area contributed by atoms with Crippen LogP contribution in [0, 0.1) is 0 Å². The summed E-state index contributed by atoms with van der Waals surface area (Å²) < 4.78 is 0. The largest absolute Gasteiger partial charge is 0.365 e. The van der Waals surface area contributed by atoms with Crippen molar-refractivity contribution in [1.29, 1.82) is 0 Å². The van der Waals surface area contributed by atoms with E-state index in [-0.39, 0.29) is 23.2 Å². The molecule has 5 rings (SSSR count). The molecular formula is C23H25Cl2N5O2S. The Morgan fingerprint density at radius 3 is 2.64 bits per heavy atom. The third-order valence-electron chi connectivity index (χ3n) is 6.69. The Hall–Kier alpha value is -1.84. The van der Waals surface area contributed by atoms with E-state index in [2.05, 4.69) is 43.2 Å². The van der Waals surface area contributed by atoms with E-state index < -0.39 is 0 Å². The third-order valence-corrected chi connectivity index (χ3v) is 7.85. The van der Waals surface area contributed by atoms with Gasteiger partial charge in [-0.2, -0.15) is 12.6 Å². The Morgan fingerprint density at radius 1 is 1.12 bits per heavy atom. The van der Waals surface area contributed by atoms with Crippen LogP contribution in [-0.2, 0) is 22.7 Å². The molecule has 4 heterocycles. The zero-order valence-electron chi connectivity index (χ0n) is 18.0. The van der Waals surface area contributed by atoms with Crippen molar-refractivity contribution < 1.29 is 9.59 Å². The molecule has 3 aliphatic heterocycles. The van der Waals surface area contributed by atoms with Crippen LogP contribution in [0.4, 0.5) is 5.69 Å². The number of imide groups is 1. The minimum atomic E-state index is -0.319. The number of pyridine rings is 1. The number of piperazine rings is 1. The van der Waals surface area contributed by atoms with Crippen LogP contribution in [0.15, 0.2) is 30.5 Å². The fourth-order valence-electron chi connectivity index (χ4n) is 4.94. The number of anilines is 1. The molecule has 174 valence electrons. The molecule has 0 aliphatic carbocycles. The molecule has 1 N–H and O–H groups in total. The lowest BCUT2D eigenvalue weighted by Gasteiger charge is -2.36. The van der Waals surface area contributed by atoms with E-state index in [4.69, 9.17) is 35.8 Å². The Kier molecular flexibility index (Phi) is 6.55. The van der Waals surface area contributed by atoms with Crippen molar-refractivity contribution in [2.24, 2.45) is 0 Å². The van der Waals surface area contributed by atoms with Gasteiger partial charge in [-0.25, -0.2) is 4.98 Å². The SMILES string of the molecule is O=C1CCC(N2Cc3ccc(CN4CCN(c5c(Cl)ccnc5Cl)CC4)cc3C2S)C(=O)N1. The highest BCUT2D eigenvalue weighted by molar-refractivity contribution is 7.80. The minimum absolute atomic E-state index is 0.157. The van der Waals surface area contributed by atoms with E-state index in [9.17, 15) is 9.59 Å². The van der Waals surface area contributed by atoms with Gasteiger partial charge in [0.15, 0.2) is 5.15 Å². The normalized spacial score (nSPS) is 24.2. The van der Waals surface area contributed by atoms with Crippen LogP contribution in [0.2, 0.25) is 10.2 Å². The lowest BCUT2D eigenvalue weighted by Crippen LogP contribution is -2.51. The summed E-state index contributed by atoms with van der Waals surface area (Å²) in [6.07, 6.45) is 2.53. The zero-order valence-corrected chi connectivity index (χ0v) is 20.4. The standard InChI is InChI=1S/C23H25Cl2N5O2S/c24-17-5-6-26-21(25)20(17)29-9-7-28(8-10-29)12-14-1-2-15-13-30(23(33)16(15)11-14)18-3-4-19(31)27-22(18)32/h1-2,5-6,11,18,23,33H,3-4,7-10,12-13H2,(H,27,31,32). The first kappa shape index (κ1) is 22.9. The molecule has 33 heavy (non-hydrogen) atoms. The zero-order chi connectivity index (χ0) is 23.1. The molecule has 1 aromatic carbocycles. The number of nitrogens with zero attached hydrogens (tertiary/aromatic N) is 4. The van der Waals surface area contributed by atoms with E-state index in [0.29, 0.717) is 29.6 Å². The van der Waals surface area contributed by atoms with Crippen LogP contribution in [0.5, 0.6) is 0 Å². The van der Waals surface area contributed by atoms with Crippen LogP contribution < -0.4 is 10.2 Å². The van der Waals surface area contributed by atoms with Crippen LogP contribution in [0.3, 0.4) is 0 Å². The number of fused-ring (bicyclic) bond motifs is 1. The number of carbonyl (C=O) groups is 2. The highest BCUT2D eigenvalue weighted by Gasteiger charge is 2.39. The molecule has 2 fully saturated rings. The highest BCUT2D eigenvalue weighted by Crippen LogP contribution is 2.40. The first-order valence-electron chi connectivity index (χ1n) is 11.1. The van der Waals surface area contributed by atoms with Crippen LogP contribution >= 0.6 is 35.8 Å². The van der Waals surface area contributed by atoms with Crippen molar-refractivity contribution in [3.05, 3.63) is 57.3 Å². The second kappa shape index (κ2) is 9.43. The topological polar surface area (TPSA) is 68.8 Å². The molecule has 2 aromatic rings. The van der Waals surface area contributed by atoms with Gasteiger partial charge in [0.05, 0.1) is 22.1 Å². The highest BCUT2D eigenvalue weighted by atomic mass is 35.5. The van der Waals surface area contributed by atoms with Gasteiger partial charge in [0.1, 0.15) is 0 Å². The van der Waals surface area contributed by atoms with Crippen molar-refractivity contribution in [3.63, 3.8) is 0 Å². The molecule has 0 radical (unpaired) electrons. The van der Waals surface area contributed by atoms with Gasteiger partial charge >= 0.3 is 0 Å². The number of halogens is 2.